The molecular formula is C49H41N5O. The predicted molar refractivity (Wildman–Crippen MR) is 227 cm³/mol. The van der Waals surface area contributed by atoms with Crippen LogP contribution in [0.15, 0.2) is 164 Å². The molecule has 0 fully saturated rings. The van der Waals surface area contributed by atoms with Crippen molar-refractivity contribution in [1.82, 2.24) is 9.13 Å². The number of pyridine rings is 1. The molecule has 6 heteroatoms. The van der Waals surface area contributed by atoms with Gasteiger partial charge in [0.25, 0.3) is 0 Å². The van der Waals surface area contributed by atoms with Gasteiger partial charge in [-0.05, 0) is 79.3 Å². The first kappa shape index (κ1) is 32.7. The van der Waals surface area contributed by atoms with Gasteiger partial charge in [0, 0.05) is 46.8 Å². The van der Waals surface area contributed by atoms with Crippen molar-refractivity contribution in [3.05, 3.63) is 177 Å². The average Bonchev–Trinajstić information content (AvgIpc) is 3.79. The lowest BCUT2D eigenvalue weighted by Gasteiger charge is -2.24. The standard InChI is InChI=1S/C49H41N5O/c1-32-51(6)45-21-13-14-22-46(45)52(32)34-28-35(53-42-18-10-7-15-38(42)39-16-8-11-19-43(39)53)30-37(29-34)55-36-23-24-41-40-17-9-12-20-44(40)54(47(41)31-36)48-27-33(49(2,3)4)25-26-50(48)5/h7-31H,1,5H2,2-4,6H3. The Labute approximate surface area is 321 Å². The number of benzene rings is 6. The summed E-state index contributed by atoms with van der Waals surface area (Å²) in [7, 11) is 6.47. The van der Waals surface area contributed by atoms with E-state index in [0.717, 1.165) is 73.3 Å². The van der Waals surface area contributed by atoms with Gasteiger partial charge in [0.2, 0.25) is 0 Å². The van der Waals surface area contributed by atoms with Crippen molar-refractivity contribution in [2.75, 3.05) is 16.8 Å². The average molecular weight is 716 g/mol. The van der Waals surface area contributed by atoms with Crippen molar-refractivity contribution in [2.45, 2.75) is 26.2 Å². The van der Waals surface area contributed by atoms with Gasteiger partial charge < -0.3 is 18.8 Å². The number of para-hydroxylation sites is 5. The van der Waals surface area contributed by atoms with E-state index in [1.54, 1.807) is 0 Å². The van der Waals surface area contributed by atoms with Crippen molar-refractivity contribution < 1.29 is 9.30 Å². The molecule has 4 heterocycles. The quantitative estimate of drug-likeness (QED) is 0.131. The van der Waals surface area contributed by atoms with Crippen LogP contribution >= 0.6 is 0 Å². The molecule has 1 aliphatic rings. The van der Waals surface area contributed by atoms with Crippen molar-refractivity contribution in [3.8, 4) is 23.0 Å². The van der Waals surface area contributed by atoms with Gasteiger partial charge in [-0.25, -0.2) is 4.57 Å². The third kappa shape index (κ3) is 5.09. The Balaban J connectivity index is 1.18. The van der Waals surface area contributed by atoms with E-state index in [1.165, 1.54) is 21.7 Å². The second kappa shape index (κ2) is 12.1. The van der Waals surface area contributed by atoms with Crippen LogP contribution in [-0.4, -0.2) is 16.2 Å². The maximum atomic E-state index is 6.98. The molecular weight excluding hydrogens is 675 g/mol. The largest absolute Gasteiger partial charge is 0.457 e. The number of fused-ring (bicyclic) bond motifs is 7. The first-order chi connectivity index (χ1) is 26.7. The van der Waals surface area contributed by atoms with Crippen LogP contribution in [-0.2, 0) is 5.41 Å². The van der Waals surface area contributed by atoms with Crippen molar-refractivity contribution in [3.63, 3.8) is 0 Å². The molecule has 0 N–H and O–H groups in total. The van der Waals surface area contributed by atoms with Crippen molar-refractivity contribution >= 4 is 60.7 Å². The zero-order valence-electron chi connectivity index (χ0n) is 31.5. The van der Waals surface area contributed by atoms with E-state index in [9.17, 15) is 0 Å². The van der Waals surface area contributed by atoms with E-state index in [-0.39, 0.29) is 5.41 Å². The number of hydrogen-bond acceptors (Lipinski definition) is 3. The monoisotopic (exact) mass is 715 g/mol. The molecule has 3 aromatic heterocycles. The topological polar surface area (TPSA) is 29.4 Å². The molecule has 6 aromatic carbocycles. The highest BCUT2D eigenvalue weighted by Crippen LogP contribution is 2.47. The van der Waals surface area contributed by atoms with Crippen LogP contribution in [0.5, 0.6) is 11.5 Å². The first-order valence-corrected chi connectivity index (χ1v) is 18.7. The van der Waals surface area contributed by atoms with E-state index in [4.69, 9.17) is 4.74 Å². The molecule has 0 atom stereocenters. The number of anilines is 3. The van der Waals surface area contributed by atoms with Crippen LogP contribution in [0.4, 0.5) is 17.1 Å². The number of ether oxygens (including phenoxy) is 1. The molecule has 0 saturated heterocycles. The molecule has 1 aliphatic heterocycles. The summed E-state index contributed by atoms with van der Waals surface area (Å²) in [5.41, 5.74) is 9.79. The molecule has 0 bridgehead atoms. The van der Waals surface area contributed by atoms with Crippen LogP contribution < -0.4 is 19.1 Å². The Kier molecular flexibility index (Phi) is 7.17. The summed E-state index contributed by atoms with van der Waals surface area (Å²) in [6.45, 7) is 11.3. The highest BCUT2D eigenvalue weighted by Gasteiger charge is 2.29. The fourth-order valence-electron chi connectivity index (χ4n) is 8.31. The van der Waals surface area contributed by atoms with Gasteiger partial charge in [-0.1, -0.05) is 99.6 Å². The highest BCUT2D eigenvalue weighted by molar-refractivity contribution is 6.10. The number of hydrogen-bond donors (Lipinski definition) is 0. The molecule has 9 aromatic rings. The Morgan fingerprint density at radius 1 is 0.564 bits per heavy atom. The minimum atomic E-state index is -0.0227. The number of aromatic nitrogens is 3. The van der Waals surface area contributed by atoms with E-state index >= 15 is 0 Å². The molecule has 0 amide bonds. The third-order valence-corrected chi connectivity index (χ3v) is 11.1. The third-order valence-electron chi connectivity index (χ3n) is 11.1. The maximum Gasteiger partial charge on any atom is 0.184 e. The molecule has 10 rings (SSSR count). The normalized spacial score (nSPS) is 13.1. The maximum absolute atomic E-state index is 6.98. The second-order valence-corrected chi connectivity index (χ2v) is 15.5. The highest BCUT2D eigenvalue weighted by atomic mass is 16.5. The van der Waals surface area contributed by atoms with Crippen LogP contribution in [0.1, 0.15) is 26.3 Å². The second-order valence-electron chi connectivity index (χ2n) is 15.5. The SMILES string of the molecule is C=C1N(C)c2ccccc2N1c1cc(Oc2ccc3c4ccccc4n(-c4cc(C(C)(C)C)cc[n+]4[CH2-])c3c2)cc(-n2c3ccccc3c3ccccc32)c1. The molecule has 268 valence electrons. The summed E-state index contributed by atoms with van der Waals surface area (Å²) in [6.07, 6.45) is 2.06. The lowest BCUT2D eigenvalue weighted by atomic mass is 9.88. The summed E-state index contributed by atoms with van der Waals surface area (Å²) in [5, 5.41) is 4.74. The fourth-order valence-corrected chi connectivity index (χ4v) is 8.31. The van der Waals surface area contributed by atoms with Gasteiger partial charge in [-0.3, -0.25) is 4.90 Å². The van der Waals surface area contributed by atoms with Gasteiger partial charge >= 0.3 is 0 Å². The fraction of sp³-hybridized carbons (Fsp3) is 0.102. The van der Waals surface area contributed by atoms with Gasteiger partial charge in [0.1, 0.15) is 28.4 Å². The van der Waals surface area contributed by atoms with Gasteiger partial charge in [0.15, 0.2) is 5.82 Å². The molecule has 0 saturated carbocycles. The lowest BCUT2D eigenvalue weighted by molar-refractivity contribution is -0.606. The van der Waals surface area contributed by atoms with Crippen molar-refractivity contribution in [2.24, 2.45) is 0 Å². The Morgan fingerprint density at radius 2 is 1.13 bits per heavy atom. The minimum absolute atomic E-state index is 0.0227. The first-order valence-electron chi connectivity index (χ1n) is 18.7. The lowest BCUT2D eigenvalue weighted by Crippen LogP contribution is -2.32. The Morgan fingerprint density at radius 3 is 1.78 bits per heavy atom. The summed E-state index contributed by atoms with van der Waals surface area (Å²) < 4.78 is 13.6. The Hall–Kier alpha value is -6.92. The molecule has 0 unspecified atom stereocenters. The summed E-state index contributed by atoms with van der Waals surface area (Å²) >= 11 is 0. The van der Waals surface area contributed by atoms with E-state index in [1.807, 2.05) is 4.57 Å². The number of rotatable bonds is 5. The zero-order valence-corrected chi connectivity index (χ0v) is 31.5. The smallest absolute Gasteiger partial charge is 0.184 e. The van der Waals surface area contributed by atoms with E-state index in [2.05, 4.69) is 212 Å². The van der Waals surface area contributed by atoms with Gasteiger partial charge in [0.05, 0.1) is 33.8 Å². The van der Waals surface area contributed by atoms with Gasteiger partial charge in [-0.15, -0.1) is 0 Å². The van der Waals surface area contributed by atoms with Gasteiger partial charge in [-0.2, -0.15) is 0 Å². The predicted octanol–water partition coefficient (Wildman–Crippen LogP) is 12.0. The van der Waals surface area contributed by atoms with Crippen LogP contribution in [0, 0.1) is 7.05 Å². The minimum Gasteiger partial charge on any atom is -0.457 e. The molecule has 0 spiro atoms. The molecule has 6 nitrogen and oxygen atoms in total. The van der Waals surface area contributed by atoms with E-state index in [0.29, 0.717) is 0 Å². The van der Waals surface area contributed by atoms with Crippen LogP contribution in [0.25, 0.3) is 55.1 Å². The summed E-state index contributed by atoms with van der Waals surface area (Å²) in [4.78, 5) is 4.36. The van der Waals surface area contributed by atoms with Crippen LogP contribution in [0.2, 0.25) is 0 Å². The Bertz CT molecular complexity index is 2960. The molecule has 0 radical (unpaired) electrons. The number of nitrogens with zero attached hydrogens (tertiary/aromatic N) is 5. The van der Waals surface area contributed by atoms with Crippen molar-refractivity contribution in [1.29, 1.82) is 0 Å². The summed E-state index contributed by atoms with van der Waals surface area (Å²) in [5.74, 6) is 3.32. The molecule has 55 heavy (non-hydrogen) atoms. The van der Waals surface area contributed by atoms with Crippen LogP contribution in [0.3, 0.4) is 0 Å². The zero-order chi connectivity index (χ0) is 37.6. The van der Waals surface area contributed by atoms with E-state index < -0.39 is 0 Å². The molecule has 0 aliphatic carbocycles. The summed E-state index contributed by atoms with van der Waals surface area (Å²) in [6, 6.07) is 51.5.